The highest BCUT2D eigenvalue weighted by Gasteiger charge is 2.15. The lowest BCUT2D eigenvalue weighted by atomic mass is 10.2. The predicted octanol–water partition coefficient (Wildman–Crippen LogP) is 4.44. The molecule has 1 N–H and O–H groups in total. The van der Waals surface area contributed by atoms with Gasteiger partial charge in [-0.25, -0.2) is 9.37 Å². The van der Waals surface area contributed by atoms with Crippen molar-refractivity contribution in [2.45, 2.75) is 13.5 Å². The van der Waals surface area contributed by atoms with Crippen LogP contribution in [-0.4, -0.2) is 25.1 Å². The second-order valence-electron chi connectivity index (χ2n) is 5.82. The number of amides is 1. The molecule has 1 aromatic heterocycles. The van der Waals surface area contributed by atoms with Crippen LogP contribution in [0.1, 0.15) is 21.1 Å². The molecule has 0 bridgehead atoms. The van der Waals surface area contributed by atoms with Crippen LogP contribution in [0.3, 0.4) is 0 Å². The minimum atomic E-state index is -0.627. The lowest BCUT2D eigenvalue weighted by Gasteiger charge is -2.12. The molecule has 0 saturated carbocycles. The van der Waals surface area contributed by atoms with Gasteiger partial charge in [0.1, 0.15) is 12.4 Å². The Balaban J connectivity index is 1.72. The average molecular weight is 402 g/mol. The number of benzene rings is 2. The Hall–Kier alpha value is -3.13. The molecule has 0 unspecified atom stereocenters. The summed E-state index contributed by atoms with van der Waals surface area (Å²) < 4.78 is 30.1. The lowest BCUT2D eigenvalue weighted by Crippen LogP contribution is -2.13. The Labute approximate surface area is 165 Å². The van der Waals surface area contributed by atoms with Crippen LogP contribution < -0.4 is 19.5 Å². The Morgan fingerprint density at radius 3 is 2.61 bits per heavy atom. The number of rotatable bonds is 7. The number of thiazole rings is 1. The number of aryl methyl sites for hydroxylation is 1. The van der Waals surface area contributed by atoms with Gasteiger partial charge in [0.15, 0.2) is 17.3 Å². The maximum atomic E-state index is 14.2. The molecule has 1 heterocycles. The van der Waals surface area contributed by atoms with Gasteiger partial charge in [-0.15, -0.1) is 11.3 Å². The quantitative estimate of drug-likeness (QED) is 0.633. The summed E-state index contributed by atoms with van der Waals surface area (Å²) in [7, 11) is 2.85. The first kappa shape index (κ1) is 19.6. The molecule has 0 radical (unpaired) electrons. The molecule has 0 aliphatic carbocycles. The van der Waals surface area contributed by atoms with Crippen molar-refractivity contribution < 1.29 is 23.4 Å². The molecule has 0 atom stereocenters. The highest BCUT2D eigenvalue weighted by molar-refractivity contribution is 7.09. The Bertz CT molecular complexity index is 990. The number of carbonyl (C=O) groups excluding carboxylic acids is 1. The number of carbonyl (C=O) groups is 1. The molecule has 28 heavy (non-hydrogen) atoms. The van der Waals surface area contributed by atoms with E-state index in [0.717, 1.165) is 16.8 Å². The maximum Gasteiger partial charge on any atom is 0.255 e. The zero-order valence-corrected chi connectivity index (χ0v) is 16.4. The van der Waals surface area contributed by atoms with E-state index in [4.69, 9.17) is 14.2 Å². The SMILES string of the molecule is COc1cc(F)c(NC(=O)c2cccc(OCc3csc(C)n3)c2)cc1OC. The third-order valence-electron chi connectivity index (χ3n) is 3.87. The van der Waals surface area contributed by atoms with Crippen LogP contribution in [0.15, 0.2) is 41.8 Å². The number of hydrogen-bond donors (Lipinski definition) is 1. The normalized spacial score (nSPS) is 10.4. The number of ether oxygens (including phenoxy) is 3. The summed E-state index contributed by atoms with van der Waals surface area (Å²) in [5.41, 5.74) is 1.15. The number of nitrogens with zero attached hydrogens (tertiary/aromatic N) is 1. The first-order valence-electron chi connectivity index (χ1n) is 8.37. The van der Waals surface area contributed by atoms with E-state index >= 15 is 0 Å². The monoisotopic (exact) mass is 402 g/mol. The van der Waals surface area contributed by atoms with E-state index < -0.39 is 11.7 Å². The fourth-order valence-corrected chi connectivity index (χ4v) is 3.10. The van der Waals surface area contributed by atoms with Gasteiger partial charge < -0.3 is 19.5 Å². The van der Waals surface area contributed by atoms with Gasteiger partial charge in [0.25, 0.3) is 5.91 Å². The van der Waals surface area contributed by atoms with E-state index in [0.29, 0.717) is 23.7 Å². The molecule has 0 fully saturated rings. The van der Waals surface area contributed by atoms with Gasteiger partial charge in [-0.3, -0.25) is 4.79 Å². The topological polar surface area (TPSA) is 69.7 Å². The van der Waals surface area contributed by atoms with Gasteiger partial charge in [-0.2, -0.15) is 0 Å². The van der Waals surface area contributed by atoms with Crippen molar-refractivity contribution in [2.75, 3.05) is 19.5 Å². The number of nitrogens with one attached hydrogen (secondary N) is 1. The number of halogens is 1. The Morgan fingerprint density at radius 1 is 1.18 bits per heavy atom. The molecule has 0 saturated heterocycles. The number of aromatic nitrogens is 1. The van der Waals surface area contributed by atoms with Gasteiger partial charge in [-0.1, -0.05) is 6.07 Å². The van der Waals surface area contributed by atoms with Crippen molar-refractivity contribution in [1.82, 2.24) is 4.98 Å². The maximum absolute atomic E-state index is 14.2. The van der Waals surface area contributed by atoms with Gasteiger partial charge in [0.2, 0.25) is 0 Å². The molecule has 146 valence electrons. The smallest absolute Gasteiger partial charge is 0.255 e. The third kappa shape index (κ3) is 4.58. The van der Waals surface area contributed by atoms with Crippen LogP contribution in [0.25, 0.3) is 0 Å². The molecule has 6 nitrogen and oxygen atoms in total. The molecule has 8 heteroatoms. The van der Waals surface area contributed by atoms with Crippen LogP contribution in [0.5, 0.6) is 17.2 Å². The van der Waals surface area contributed by atoms with Gasteiger partial charge >= 0.3 is 0 Å². The van der Waals surface area contributed by atoms with E-state index in [1.165, 1.54) is 20.3 Å². The van der Waals surface area contributed by atoms with Crippen LogP contribution in [-0.2, 0) is 6.61 Å². The molecule has 1 amide bonds. The summed E-state index contributed by atoms with van der Waals surface area (Å²) in [4.78, 5) is 16.9. The summed E-state index contributed by atoms with van der Waals surface area (Å²) in [5.74, 6) is -0.0232. The third-order valence-corrected chi connectivity index (χ3v) is 4.69. The Morgan fingerprint density at radius 2 is 1.93 bits per heavy atom. The van der Waals surface area contributed by atoms with Gasteiger partial charge in [0.05, 0.1) is 30.6 Å². The zero-order valence-electron chi connectivity index (χ0n) is 15.6. The first-order chi connectivity index (χ1) is 13.5. The fraction of sp³-hybridized carbons (Fsp3) is 0.200. The van der Waals surface area contributed by atoms with Crippen LogP contribution >= 0.6 is 11.3 Å². The highest BCUT2D eigenvalue weighted by Crippen LogP contribution is 2.32. The fourth-order valence-electron chi connectivity index (χ4n) is 2.50. The van der Waals surface area contributed by atoms with Crippen molar-refractivity contribution in [2.24, 2.45) is 0 Å². The minimum absolute atomic E-state index is 0.00748. The number of methoxy groups -OCH3 is 2. The summed E-state index contributed by atoms with van der Waals surface area (Å²) >= 11 is 1.55. The molecule has 0 aliphatic rings. The second-order valence-corrected chi connectivity index (χ2v) is 6.88. The average Bonchev–Trinajstić information content (AvgIpc) is 3.13. The zero-order chi connectivity index (χ0) is 20.1. The summed E-state index contributed by atoms with van der Waals surface area (Å²) in [5, 5.41) is 5.43. The van der Waals surface area contributed by atoms with Gasteiger partial charge in [0, 0.05) is 23.1 Å². The molecule has 0 spiro atoms. The minimum Gasteiger partial charge on any atom is -0.493 e. The van der Waals surface area contributed by atoms with Crippen LogP contribution in [0.4, 0.5) is 10.1 Å². The van der Waals surface area contributed by atoms with Crippen molar-refractivity contribution in [3.05, 3.63) is 63.9 Å². The molecule has 3 aromatic rings. The second kappa shape index (κ2) is 8.71. The summed E-state index contributed by atoms with van der Waals surface area (Å²) in [6.45, 7) is 2.23. The van der Waals surface area contributed by atoms with E-state index in [1.54, 1.807) is 35.6 Å². The van der Waals surface area contributed by atoms with Crippen LogP contribution in [0.2, 0.25) is 0 Å². The molecule has 2 aromatic carbocycles. The summed E-state index contributed by atoms with van der Waals surface area (Å²) in [6.07, 6.45) is 0. The molecule has 3 rings (SSSR count). The van der Waals surface area contributed by atoms with Crippen molar-refractivity contribution in [3.8, 4) is 17.2 Å². The summed E-state index contributed by atoms with van der Waals surface area (Å²) in [6, 6.07) is 9.18. The molecule has 0 aliphatic heterocycles. The highest BCUT2D eigenvalue weighted by atomic mass is 32.1. The largest absolute Gasteiger partial charge is 0.493 e. The van der Waals surface area contributed by atoms with Crippen molar-refractivity contribution >= 4 is 22.9 Å². The number of hydrogen-bond acceptors (Lipinski definition) is 6. The van der Waals surface area contributed by atoms with E-state index in [2.05, 4.69) is 10.3 Å². The van der Waals surface area contributed by atoms with E-state index in [9.17, 15) is 9.18 Å². The molecular formula is C20H19FN2O4S. The Kier molecular flexibility index (Phi) is 6.10. The van der Waals surface area contributed by atoms with Crippen LogP contribution in [0, 0.1) is 12.7 Å². The standard InChI is InChI=1S/C20H19FN2O4S/c1-12-22-14(11-28-12)10-27-15-6-4-5-13(7-15)20(24)23-17-9-19(26-3)18(25-2)8-16(17)21/h4-9,11H,10H2,1-3H3,(H,23,24). The lowest BCUT2D eigenvalue weighted by molar-refractivity contribution is 0.102. The van der Waals surface area contributed by atoms with E-state index in [-0.39, 0.29) is 11.4 Å². The first-order valence-corrected chi connectivity index (χ1v) is 9.25. The van der Waals surface area contributed by atoms with Crippen molar-refractivity contribution in [1.29, 1.82) is 0 Å². The van der Waals surface area contributed by atoms with Crippen molar-refractivity contribution in [3.63, 3.8) is 0 Å². The van der Waals surface area contributed by atoms with E-state index in [1.807, 2.05) is 12.3 Å². The molecular weight excluding hydrogens is 383 g/mol. The van der Waals surface area contributed by atoms with Gasteiger partial charge in [-0.05, 0) is 25.1 Å². The number of anilines is 1. The predicted molar refractivity (Wildman–Crippen MR) is 105 cm³/mol.